The molecule has 0 saturated heterocycles. The van der Waals surface area contributed by atoms with Crippen molar-refractivity contribution < 1.29 is 19.5 Å². The third kappa shape index (κ3) is 24.5. The second-order valence-electron chi connectivity index (χ2n) is 3.79. The van der Waals surface area contributed by atoms with Crippen molar-refractivity contribution in [2.24, 2.45) is 11.5 Å². The molecule has 7 heteroatoms. The lowest BCUT2D eigenvalue weighted by Gasteiger charge is -2.16. The van der Waals surface area contributed by atoms with Crippen LogP contribution in [0.1, 0.15) is 27.2 Å². The molecule has 0 aromatic heterocycles. The molecule has 0 aliphatic rings. The van der Waals surface area contributed by atoms with Crippen molar-refractivity contribution in [3.05, 3.63) is 0 Å². The maximum absolute atomic E-state index is 9.90. The molecule has 0 unspecified atom stereocenters. The van der Waals surface area contributed by atoms with Gasteiger partial charge in [0.15, 0.2) is 0 Å². The summed E-state index contributed by atoms with van der Waals surface area (Å²) in [5.41, 5.74) is 8.78. The van der Waals surface area contributed by atoms with Crippen LogP contribution in [0.3, 0.4) is 0 Å². The second-order valence-corrected chi connectivity index (χ2v) is 3.79. The van der Waals surface area contributed by atoms with E-state index in [0.717, 1.165) is 0 Å². The molecule has 88 valence electrons. The number of nitrogens with one attached hydrogen (secondary N) is 1. The van der Waals surface area contributed by atoms with Crippen molar-refractivity contribution in [3.8, 4) is 0 Å². The van der Waals surface area contributed by atoms with Crippen LogP contribution in [0.25, 0.3) is 0 Å². The van der Waals surface area contributed by atoms with E-state index in [1.807, 2.05) is 0 Å². The van der Waals surface area contributed by atoms with Gasteiger partial charge in [-0.1, -0.05) is 0 Å². The van der Waals surface area contributed by atoms with Gasteiger partial charge in [-0.05, 0) is 20.8 Å². The van der Waals surface area contributed by atoms with Gasteiger partial charge in [-0.15, -0.1) is 0 Å². The number of carbonyl (C=O) groups is 3. The monoisotopic (exact) mass is 219 g/mol. The zero-order valence-corrected chi connectivity index (χ0v) is 9.03. The summed E-state index contributed by atoms with van der Waals surface area (Å²) in [6.07, 6.45) is -1.34. The minimum absolute atomic E-state index is 0.328. The Bertz CT molecular complexity index is 233. The molecule has 0 aliphatic carbocycles. The maximum Gasteiger partial charge on any atom is 0.405 e. The first kappa shape index (κ1) is 15.7. The highest BCUT2D eigenvalue weighted by Gasteiger charge is 2.10. The summed E-state index contributed by atoms with van der Waals surface area (Å²) >= 11 is 0. The van der Waals surface area contributed by atoms with Crippen LogP contribution in [0, 0.1) is 0 Å². The van der Waals surface area contributed by atoms with Crippen molar-refractivity contribution >= 4 is 17.9 Å². The molecule has 0 fully saturated rings. The normalized spacial score (nSPS) is 9.53. The topological polar surface area (TPSA) is 136 Å². The summed E-state index contributed by atoms with van der Waals surface area (Å²) in [4.78, 5) is 29.4. The van der Waals surface area contributed by atoms with Crippen LogP contribution in [-0.2, 0) is 9.59 Å². The number of hydrogen-bond acceptors (Lipinski definition) is 3. The Morgan fingerprint density at radius 2 is 1.47 bits per heavy atom. The highest BCUT2D eigenvalue weighted by molar-refractivity contribution is 5.95. The van der Waals surface area contributed by atoms with Crippen LogP contribution in [0.5, 0.6) is 0 Å². The van der Waals surface area contributed by atoms with Gasteiger partial charge in [-0.2, -0.15) is 0 Å². The lowest BCUT2D eigenvalue weighted by Crippen LogP contribution is -2.39. The Labute approximate surface area is 87.8 Å². The second kappa shape index (κ2) is 6.63. The number of nitrogens with two attached hydrogens (primary N) is 2. The van der Waals surface area contributed by atoms with E-state index in [-0.39, 0.29) is 12.0 Å². The van der Waals surface area contributed by atoms with E-state index >= 15 is 0 Å². The minimum atomic E-state index is -0.975. The van der Waals surface area contributed by atoms with Crippen molar-refractivity contribution in [3.63, 3.8) is 0 Å². The number of carbonyl (C=O) groups excluding carboxylic acids is 2. The van der Waals surface area contributed by atoms with Gasteiger partial charge in [0.2, 0.25) is 11.8 Å². The highest BCUT2D eigenvalue weighted by atomic mass is 16.4. The molecule has 0 aromatic carbocycles. The zero-order valence-electron chi connectivity index (χ0n) is 9.03. The van der Waals surface area contributed by atoms with Crippen LogP contribution >= 0.6 is 0 Å². The average molecular weight is 219 g/mol. The standard InChI is InChI=1S/C5H11NO2.C3H6N2O2/c1-5(2,3)6-4(7)8;4-2(6)1-3(5)7/h6H,1-3H3,(H,7,8);1H2,(H2,4,6)(H2,5,7). The van der Waals surface area contributed by atoms with Crippen LogP contribution in [0.2, 0.25) is 0 Å². The van der Waals surface area contributed by atoms with Crippen molar-refractivity contribution in [1.29, 1.82) is 0 Å². The van der Waals surface area contributed by atoms with E-state index < -0.39 is 17.9 Å². The molecular weight excluding hydrogens is 202 g/mol. The molecule has 0 rings (SSSR count). The Hall–Kier alpha value is -1.79. The number of amides is 3. The van der Waals surface area contributed by atoms with Crippen LogP contribution in [0.4, 0.5) is 4.79 Å². The molecular formula is C8H17N3O4. The van der Waals surface area contributed by atoms with Gasteiger partial charge in [-0.25, -0.2) is 4.79 Å². The number of rotatable bonds is 2. The molecule has 0 aliphatic heterocycles. The third-order valence-corrected chi connectivity index (χ3v) is 0.830. The Morgan fingerprint density at radius 1 is 1.13 bits per heavy atom. The Balaban J connectivity index is 0. The molecule has 6 N–H and O–H groups in total. The smallest absolute Gasteiger partial charge is 0.405 e. The summed E-state index contributed by atoms with van der Waals surface area (Å²) < 4.78 is 0. The van der Waals surface area contributed by atoms with E-state index in [1.54, 1.807) is 20.8 Å². The van der Waals surface area contributed by atoms with E-state index in [0.29, 0.717) is 0 Å². The lowest BCUT2D eigenvalue weighted by atomic mass is 10.1. The minimum Gasteiger partial charge on any atom is -0.465 e. The fraction of sp³-hybridized carbons (Fsp3) is 0.625. The summed E-state index contributed by atoms with van der Waals surface area (Å²) in [5, 5.41) is 10.4. The van der Waals surface area contributed by atoms with E-state index in [4.69, 9.17) is 5.11 Å². The van der Waals surface area contributed by atoms with Gasteiger partial charge >= 0.3 is 6.09 Å². The Kier molecular flexibility index (Phi) is 6.93. The summed E-state index contributed by atoms with van der Waals surface area (Å²) in [5.74, 6) is -1.37. The molecule has 15 heavy (non-hydrogen) atoms. The SMILES string of the molecule is CC(C)(C)NC(=O)O.NC(=O)CC(N)=O. The van der Waals surface area contributed by atoms with E-state index in [2.05, 4.69) is 16.8 Å². The predicted molar refractivity (Wildman–Crippen MR) is 53.9 cm³/mol. The average Bonchev–Trinajstić information content (AvgIpc) is 1.76. The molecule has 0 saturated carbocycles. The number of hydrogen-bond donors (Lipinski definition) is 4. The molecule has 0 bridgehead atoms. The third-order valence-electron chi connectivity index (χ3n) is 0.830. The molecule has 0 atom stereocenters. The van der Waals surface area contributed by atoms with E-state index in [1.165, 1.54) is 0 Å². The summed E-state index contributed by atoms with van der Waals surface area (Å²) in [6, 6.07) is 0. The van der Waals surface area contributed by atoms with Crippen LogP contribution in [-0.4, -0.2) is 28.6 Å². The van der Waals surface area contributed by atoms with Gasteiger partial charge in [0.05, 0.1) is 0 Å². The first-order valence-corrected chi connectivity index (χ1v) is 4.12. The van der Waals surface area contributed by atoms with Crippen molar-refractivity contribution in [2.45, 2.75) is 32.7 Å². The highest BCUT2D eigenvalue weighted by Crippen LogP contribution is 1.96. The van der Waals surface area contributed by atoms with Crippen LogP contribution < -0.4 is 16.8 Å². The number of primary amides is 2. The fourth-order valence-electron chi connectivity index (χ4n) is 0.493. The van der Waals surface area contributed by atoms with Gasteiger partial charge < -0.3 is 21.9 Å². The quantitative estimate of drug-likeness (QED) is 0.461. The molecule has 0 aromatic rings. The Morgan fingerprint density at radius 3 is 1.47 bits per heavy atom. The maximum atomic E-state index is 9.90. The first-order chi connectivity index (χ1) is 6.54. The molecule has 0 heterocycles. The molecule has 3 amide bonds. The van der Waals surface area contributed by atoms with E-state index in [9.17, 15) is 14.4 Å². The number of carboxylic acid groups (broad SMARTS) is 1. The largest absolute Gasteiger partial charge is 0.465 e. The summed E-state index contributed by atoms with van der Waals surface area (Å²) in [7, 11) is 0. The van der Waals surface area contributed by atoms with Crippen molar-refractivity contribution in [1.82, 2.24) is 5.32 Å². The molecule has 0 radical (unpaired) electrons. The van der Waals surface area contributed by atoms with Gasteiger partial charge in [0.25, 0.3) is 0 Å². The van der Waals surface area contributed by atoms with Crippen molar-refractivity contribution in [2.75, 3.05) is 0 Å². The van der Waals surface area contributed by atoms with Gasteiger partial charge in [0.1, 0.15) is 6.42 Å². The lowest BCUT2D eigenvalue weighted by molar-refractivity contribution is -0.125. The molecule has 0 spiro atoms. The van der Waals surface area contributed by atoms with Gasteiger partial charge in [0, 0.05) is 5.54 Å². The van der Waals surface area contributed by atoms with Crippen LogP contribution in [0.15, 0.2) is 0 Å². The summed E-state index contributed by atoms with van der Waals surface area (Å²) in [6.45, 7) is 5.38. The van der Waals surface area contributed by atoms with Gasteiger partial charge in [-0.3, -0.25) is 9.59 Å². The zero-order chi connectivity index (χ0) is 12.6. The predicted octanol–water partition coefficient (Wildman–Crippen LogP) is -0.600. The fourth-order valence-corrected chi connectivity index (χ4v) is 0.493. The molecule has 7 nitrogen and oxygen atoms in total. The first-order valence-electron chi connectivity index (χ1n) is 4.12.